The molecule has 0 unspecified atom stereocenters. The normalized spacial score (nSPS) is 11.4. The highest BCUT2D eigenvalue weighted by Gasteiger charge is 2.22. The predicted octanol–water partition coefficient (Wildman–Crippen LogP) is 1.44. The first kappa shape index (κ1) is 16.2. The molecular formula is C10H11Cl2NO5S. The van der Waals surface area contributed by atoms with Crippen LogP contribution < -0.4 is 5.14 Å². The number of hydrogen-bond donors (Lipinski definition) is 1. The fraction of sp³-hybridized carbons (Fsp3) is 0.300. The highest BCUT2D eigenvalue weighted by atomic mass is 35.5. The van der Waals surface area contributed by atoms with Gasteiger partial charge in [0.2, 0.25) is 10.0 Å². The molecule has 0 bridgehead atoms. The molecule has 0 spiro atoms. The third-order valence-corrected chi connectivity index (χ3v) is 3.72. The first-order valence-corrected chi connectivity index (χ1v) is 7.25. The lowest BCUT2D eigenvalue weighted by atomic mass is 10.2. The van der Waals surface area contributed by atoms with Crippen LogP contribution in [0, 0.1) is 0 Å². The topological polar surface area (TPSA) is 95.7 Å². The van der Waals surface area contributed by atoms with Gasteiger partial charge in [0.1, 0.15) is 11.5 Å². The Hall–Kier alpha value is -0.860. The van der Waals surface area contributed by atoms with E-state index in [0.717, 1.165) is 6.07 Å². The Bertz CT molecular complexity index is 588. The number of benzene rings is 1. The first-order chi connectivity index (χ1) is 8.77. The van der Waals surface area contributed by atoms with Gasteiger partial charge < -0.3 is 9.47 Å². The maximum Gasteiger partial charge on any atom is 0.339 e. The summed E-state index contributed by atoms with van der Waals surface area (Å²) in [6, 6.07) is 2.26. The van der Waals surface area contributed by atoms with E-state index in [-0.39, 0.29) is 28.8 Å². The molecule has 0 radical (unpaired) electrons. The van der Waals surface area contributed by atoms with Crippen LogP contribution in [0.25, 0.3) is 0 Å². The molecule has 0 aromatic heterocycles. The van der Waals surface area contributed by atoms with Crippen molar-refractivity contribution in [2.45, 2.75) is 4.90 Å². The molecule has 0 saturated carbocycles. The first-order valence-electron chi connectivity index (χ1n) is 4.95. The molecule has 1 aromatic rings. The summed E-state index contributed by atoms with van der Waals surface area (Å²) >= 11 is 11.5. The van der Waals surface area contributed by atoms with Crippen molar-refractivity contribution in [2.24, 2.45) is 5.14 Å². The Balaban J connectivity index is 3.15. The van der Waals surface area contributed by atoms with Crippen LogP contribution in [0.15, 0.2) is 17.0 Å². The number of methoxy groups -OCH3 is 1. The largest absolute Gasteiger partial charge is 0.460 e. The van der Waals surface area contributed by atoms with Crippen molar-refractivity contribution < 1.29 is 22.7 Å². The summed E-state index contributed by atoms with van der Waals surface area (Å²) in [4.78, 5) is 11.3. The van der Waals surface area contributed by atoms with Gasteiger partial charge >= 0.3 is 5.97 Å². The van der Waals surface area contributed by atoms with Gasteiger partial charge in [-0.25, -0.2) is 18.4 Å². The van der Waals surface area contributed by atoms with Gasteiger partial charge in [0.15, 0.2) is 0 Å². The molecule has 0 fully saturated rings. The number of primary sulfonamides is 1. The number of carbonyl (C=O) groups is 1. The summed E-state index contributed by atoms with van der Waals surface area (Å²) < 4.78 is 32.1. The van der Waals surface area contributed by atoms with Crippen LogP contribution in [-0.2, 0) is 19.5 Å². The van der Waals surface area contributed by atoms with Gasteiger partial charge in [0, 0.05) is 12.1 Å². The average molecular weight is 328 g/mol. The summed E-state index contributed by atoms with van der Waals surface area (Å²) in [5.41, 5.74) is -0.172. The van der Waals surface area contributed by atoms with Crippen molar-refractivity contribution in [3.8, 4) is 0 Å². The van der Waals surface area contributed by atoms with E-state index in [1.807, 2.05) is 0 Å². The summed E-state index contributed by atoms with van der Waals surface area (Å²) in [6.45, 7) is 0.203. The molecule has 1 aromatic carbocycles. The second kappa shape index (κ2) is 6.53. The lowest BCUT2D eigenvalue weighted by Gasteiger charge is -2.09. The number of esters is 1. The molecule has 2 N–H and O–H groups in total. The fourth-order valence-corrected chi connectivity index (χ4v) is 2.66. The van der Waals surface area contributed by atoms with Crippen LogP contribution >= 0.6 is 23.2 Å². The van der Waals surface area contributed by atoms with E-state index < -0.39 is 20.9 Å². The van der Waals surface area contributed by atoms with Crippen molar-refractivity contribution in [1.82, 2.24) is 0 Å². The number of hydrogen-bond acceptors (Lipinski definition) is 5. The van der Waals surface area contributed by atoms with Crippen molar-refractivity contribution >= 4 is 39.2 Å². The van der Waals surface area contributed by atoms with Gasteiger partial charge in [0.25, 0.3) is 0 Å². The lowest BCUT2D eigenvalue weighted by Crippen LogP contribution is -2.16. The van der Waals surface area contributed by atoms with Gasteiger partial charge in [-0.1, -0.05) is 23.2 Å². The second-order valence-electron chi connectivity index (χ2n) is 3.44. The zero-order valence-electron chi connectivity index (χ0n) is 9.85. The van der Waals surface area contributed by atoms with E-state index in [1.165, 1.54) is 13.2 Å². The third-order valence-electron chi connectivity index (χ3n) is 2.05. The Morgan fingerprint density at radius 1 is 1.32 bits per heavy atom. The van der Waals surface area contributed by atoms with E-state index >= 15 is 0 Å². The van der Waals surface area contributed by atoms with Gasteiger partial charge in [-0.3, -0.25) is 0 Å². The summed E-state index contributed by atoms with van der Waals surface area (Å²) in [5.74, 6) is -0.811. The number of sulfonamides is 1. The Morgan fingerprint density at radius 3 is 2.47 bits per heavy atom. The quantitative estimate of drug-likeness (QED) is 0.652. The molecule has 106 valence electrons. The Kier molecular flexibility index (Phi) is 5.57. The van der Waals surface area contributed by atoms with Crippen molar-refractivity contribution in [3.63, 3.8) is 0 Å². The number of ether oxygens (including phenoxy) is 2. The molecule has 9 heteroatoms. The molecule has 0 heterocycles. The van der Waals surface area contributed by atoms with Crippen LogP contribution in [0.5, 0.6) is 0 Å². The van der Waals surface area contributed by atoms with Crippen LogP contribution in [0.1, 0.15) is 10.4 Å². The van der Waals surface area contributed by atoms with Gasteiger partial charge in [-0.05, 0) is 12.1 Å². The molecule has 0 aliphatic heterocycles. The zero-order chi connectivity index (χ0) is 14.6. The Labute approximate surface area is 120 Å². The highest BCUT2D eigenvalue weighted by Crippen LogP contribution is 2.29. The van der Waals surface area contributed by atoms with Gasteiger partial charge in [0.05, 0.1) is 17.2 Å². The van der Waals surface area contributed by atoms with E-state index in [9.17, 15) is 13.2 Å². The smallest absolute Gasteiger partial charge is 0.339 e. The van der Waals surface area contributed by atoms with Crippen LogP contribution in [0.4, 0.5) is 0 Å². The SMILES string of the molecule is COCCOC(=O)c1cc(Cl)cc(S(N)(=O)=O)c1Cl. The molecule has 0 atom stereocenters. The minimum absolute atomic E-state index is 0.00286. The van der Waals surface area contributed by atoms with Gasteiger partial charge in [-0.15, -0.1) is 0 Å². The molecule has 0 aliphatic carbocycles. The van der Waals surface area contributed by atoms with E-state index in [1.54, 1.807) is 0 Å². The van der Waals surface area contributed by atoms with Crippen molar-refractivity contribution in [1.29, 1.82) is 0 Å². The second-order valence-corrected chi connectivity index (χ2v) is 5.78. The minimum atomic E-state index is -4.09. The molecular weight excluding hydrogens is 317 g/mol. The maximum atomic E-state index is 11.7. The van der Waals surface area contributed by atoms with E-state index in [0.29, 0.717) is 0 Å². The number of carbonyl (C=O) groups excluding carboxylic acids is 1. The maximum absolute atomic E-state index is 11.7. The van der Waals surface area contributed by atoms with E-state index in [2.05, 4.69) is 0 Å². The number of rotatable bonds is 5. The monoisotopic (exact) mass is 327 g/mol. The van der Waals surface area contributed by atoms with Crippen LogP contribution in [0.2, 0.25) is 10.0 Å². The van der Waals surface area contributed by atoms with Gasteiger partial charge in [-0.2, -0.15) is 0 Å². The molecule has 0 amide bonds. The summed E-state index contributed by atoms with van der Waals surface area (Å²) in [7, 11) is -2.64. The lowest BCUT2D eigenvalue weighted by molar-refractivity contribution is 0.0388. The van der Waals surface area contributed by atoms with Crippen LogP contribution in [0.3, 0.4) is 0 Å². The van der Waals surface area contributed by atoms with Crippen LogP contribution in [-0.4, -0.2) is 34.7 Å². The fourth-order valence-electron chi connectivity index (χ4n) is 1.22. The molecule has 0 saturated heterocycles. The van der Waals surface area contributed by atoms with E-state index in [4.69, 9.17) is 37.8 Å². The summed E-state index contributed by atoms with van der Waals surface area (Å²) in [6.07, 6.45) is 0. The molecule has 19 heavy (non-hydrogen) atoms. The van der Waals surface area contributed by atoms with Crippen molar-refractivity contribution in [3.05, 3.63) is 27.7 Å². The molecule has 0 aliphatic rings. The predicted molar refractivity (Wildman–Crippen MR) is 70.0 cm³/mol. The number of halogens is 2. The number of nitrogens with two attached hydrogens (primary N) is 1. The third kappa shape index (κ3) is 4.32. The average Bonchev–Trinajstić information content (AvgIpc) is 2.30. The highest BCUT2D eigenvalue weighted by molar-refractivity contribution is 7.89. The Morgan fingerprint density at radius 2 is 1.95 bits per heavy atom. The van der Waals surface area contributed by atoms with Crippen molar-refractivity contribution in [2.75, 3.05) is 20.3 Å². The standard InChI is InChI=1S/C10H11Cl2NO5S/c1-17-2-3-18-10(14)7-4-6(11)5-8(9(7)12)19(13,15)16/h4-5H,2-3H2,1H3,(H2,13,15,16). The zero-order valence-corrected chi connectivity index (χ0v) is 12.2. The minimum Gasteiger partial charge on any atom is -0.460 e. The molecule has 6 nitrogen and oxygen atoms in total. The summed E-state index contributed by atoms with van der Waals surface area (Å²) in [5, 5.41) is 4.66. The molecule has 1 rings (SSSR count).